The highest BCUT2D eigenvalue weighted by Crippen LogP contribution is 2.34. The summed E-state index contributed by atoms with van der Waals surface area (Å²) in [4.78, 5) is 14.3. The minimum atomic E-state index is 0.498. The van der Waals surface area contributed by atoms with E-state index in [0.29, 0.717) is 18.2 Å². The van der Waals surface area contributed by atoms with Crippen LogP contribution in [0.15, 0.2) is 208 Å². The van der Waals surface area contributed by atoms with Gasteiger partial charge in [-0.1, -0.05) is 146 Å². The fourth-order valence-electron chi connectivity index (χ4n) is 7.26. The largest absolute Gasteiger partial charge is 0.456 e. The second kappa shape index (κ2) is 16.0. The van der Waals surface area contributed by atoms with Crippen LogP contribution in [-0.2, 0) is 6.54 Å². The molecule has 0 fully saturated rings. The molecule has 2 heterocycles. The fraction of sp³-hybridized carbons (Fsp3) is 0.0192. The molecule has 1 N–H and O–H groups in total. The first-order valence-corrected chi connectivity index (χ1v) is 19.0. The number of rotatable bonds is 6. The summed E-state index contributed by atoms with van der Waals surface area (Å²) in [5.41, 5.74) is 13.2. The highest BCUT2D eigenvalue weighted by Gasteiger charge is 2.14. The van der Waals surface area contributed by atoms with Gasteiger partial charge in [-0.3, -0.25) is 4.99 Å². The van der Waals surface area contributed by atoms with Gasteiger partial charge in [0.1, 0.15) is 11.0 Å². The predicted octanol–water partition coefficient (Wildman–Crippen LogP) is 11.1. The molecule has 1 aromatic heterocycles. The van der Waals surface area contributed by atoms with Crippen LogP contribution in [0, 0.1) is 0 Å². The summed E-state index contributed by atoms with van der Waals surface area (Å²) < 4.78 is 6.66. The number of furan rings is 1. The first-order chi connectivity index (χ1) is 28.2. The molecular formula is C52H38N4O. The zero-order chi connectivity index (χ0) is 38.4. The number of allylic oxidation sites excluding steroid dienone is 1. The van der Waals surface area contributed by atoms with Gasteiger partial charge < -0.3 is 9.73 Å². The zero-order valence-corrected chi connectivity index (χ0v) is 31.2. The quantitative estimate of drug-likeness (QED) is 0.137. The van der Waals surface area contributed by atoms with Gasteiger partial charge in [0, 0.05) is 39.2 Å². The molecule has 7 aromatic carbocycles. The van der Waals surface area contributed by atoms with Crippen LogP contribution in [0.1, 0.15) is 22.3 Å². The molecular weight excluding hydrogens is 697 g/mol. The molecule has 0 spiro atoms. The highest BCUT2D eigenvalue weighted by molar-refractivity contribution is 6.13. The lowest BCUT2D eigenvalue weighted by Crippen LogP contribution is -2.19. The molecule has 272 valence electrons. The Morgan fingerprint density at radius 1 is 0.579 bits per heavy atom. The standard InChI is InChI=1S/C52H38N4O/c1-53-51(56-52(38-19-9-4-10-20-38)55-35-36-15-5-2-6-16-36)42-22-13-21-39(31-42)41-27-29-46-47-33-43-32-40(37-17-7-3-8-18-37)26-28-44(43)45-23-11-12-24-48(45)54-30-14-25-49(47)57-50(46)34-41/h2-34,54H,1,35H2/b30-14+,47-33+,49-25+,55-52-,56-51-. The summed E-state index contributed by atoms with van der Waals surface area (Å²) in [7, 11) is 0. The van der Waals surface area contributed by atoms with Crippen molar-refractivity contribution in [3.8, 4) is 33.4 Å². The van der Waals surface area contributed by atoms with Crippen LogP contribution in [0.2, 0.25) is 0 Å². The van der Waals surface area contributed by atoms with Gasteiger partial charge >= 0.3 is 0 Å². The smallest absolute Gasteiger partial charge is 0.161 e. The van der Waals surface area contributed by atoms with Crippen LogP contribution in [0.3, 0.4) is 0 Å². The fourth-order valence-corrected chi connectivity index (χ4v) is 7.26. The van der Waals surface area contributed by atoms with E-state index < -0.39 is 0 Å². The Morgan fingerprint density at radius 3 is 2.09 bits per heavy atom. The topological polar surface area (TPSA) is 62.2 Å². The molecule has 0 aliphatic carbocycles. The Balaban J connectivity index is 1.13. The minimum Gasteiger partial charge on any atom is -0.456 e. The molecule has 0 unspecified atom stereocenters. The Kier molecular flexibility index (Phi) is 9.85. The van der Waals surface area contributed by atoms with Crippen molar-refractivity contribution >= 4 is 47.2 Å². The number of fused-ring (bicyclic) bond motifs is 6. The summed E-state index contributed by atoms with van der Waals surface area (Å²) in [6.07, 6.45) is 8.24. The molecule has 57 heavy (non-hydrogen) atoms. The molecule has 5 nitrogen and oxygen atoms in total. The summed E-state index contributed by atoms with van der Waals surface area (Å²) in [6, 6.07) is 60.4. The van der Waals surface area contributed by atoms with Crippen LogP contribution in [-0.4, -0.2) is 18.4 Å². The molecule has 0 saturated heterocycles. The third-order valence-electron chi connectivity index (χ3n) is 10.1. The maximum absolute atomic E-state index is 6.66. The number of hydrogen-bond donors (Lipinski definition) is 1. The van der Waals surface area contributed by atoms with Gasteiger partial charge in [-0.25, -0.2) is 9.98 Å². The predicted molar refractivity (Wildman–Crippen MR) is 238 cm³/mol. The molecule has 9 rings (SSSR count). The SMILES string of the molecule is C=N/C(=N\C(=N/Cc1ccccc1)c1ccccc1)c1cccc(-c2ccc3c4/c(oc3c2)=C\C=C\Nc2ccccc2-c2ccc(-c3ccccc3)cc2/C=4)c1. The van der Waals surface area contributed by atoms with Gasteiger partial charge in [0.15, 0.2) is 11.7 Å². The number of para-hydroxylation sites is 1. The van der Waals surface area contributed by atoms with Crippen LogP contribution in [0.4, 0.5) is 5.69 Å². The monoisotopic (exact) mass is 734 g/mol. The molecule has 5 heteroatoms. The van der Waals surface area contributed by atoms with E-state index in [1.807, 2.05) is 85.1 Å². The summed E-state index contributed by atoms with van der Waals surface area (Å²) in [6.45, 7) is 4.40. The van der Waals surface area contributed by atoms with Gasteiger partial charge in [0.25, 0.3) is 0 Å². The number of anilines is 1. The van der Waals surface area contributed by atoms with E-state index in [1.54, 1.807) is 0 Å². The number of benzene rings is 7. The third kappa shape index (κ3) is 7.55. The average Bonchev–Trinajstić information content (AvgIpc) is 3.61. The first-order valence-electron chi connectivity index (χ1n) is 19.0. The molecule has 0 amide bonds. The van der Waals surface area contributed by atoms with Crippen molar-refractivity contribution in [2.45, 2.75) is 6.54 Å². The lowest BCUT2D eigenvalue weighted by molar-refractivity contribution is 0.576. The number of nitrogens with one attached hydrogen (secondary N) is 1. The van der Waals surface area contributed by atoms with E-state index in [0.717, 1.165) is 77.4 Å². The van der Waals surface area contributed by atoms with Crippen molar-refractivity contribution in [1.29, 1.82) is 0 Å². The molecule has 8 aromatic rings. The van der Waals surface area contributed by atoms with Gasteiger partial charge in [-0.2, -0.15) is 0 Å². The Labute approximate surface area is 331 Å². The molecule has 0 saturated carbocycles. The van der Waals surface area contributed by atoms with Gasteiger partial charge in [-0.05, 0) is 94.2 Å². The van der Waals surface area contributed by atoms with E-state index in [2.05, 4.69) is 132 Å². The third-order valence-corrected chi connectivity index (χ3v) is 10.1. The van der Waals surface area contributed by atoms with Crippen molar-refractivity contribution in [3.05, 3.63) is 221 Å². The maximum atomic E-state index is 6.66. The van der Waals surface area contributed by atoms with Crippen LogP contribution < -0.4 is 16.0 Å². The second-order valence-corrected chi connectivity index (χ2v) is 13.8. The number of amidine groups is 2. The molecule has 1 aliphatic heterocycles. The van der Waals surface area contributed by atoms with E-state index in [-0.39, 0.29) is 0 Å². The molecule has 0 radical (unpaired) electrons. The van der Waals surface area contributed by atoms with Crippen LogP contribution in [0.25, 0.3) is 56.5 Å². The van der Waals surface area contributed by atoms with E-state index >= 15 is 0 Å². The van der Waals surface area contributed by atoms with Crippen LogP contribution in [0.5, 0.6) is 0 Å². The van der Waals surface area contributed by atoms with Gasteiger partial charge in [0.05, 0.1) is 6.54 Å². The minimum absolute atomic E-state index is 0.498. The number of aliphatic imine (C=N–C) groups is 3. The van der Waals surface area contributed by atoms with Crippen molar-refractivity contribution in [2.75, 3.05) is 5.32 Å². The van der Waals surface area contributed by atoms with Gasteiger partial charge in [0.2, 0.25) is 0 Å². The van der Waals surface area contributed by atoms with Crippen molar-refractivity contribution in [2.24, 2.45) is 15.0 Å². The van der Waals surface area contributed by atoms with E-state index in [9.17, 15) is 0 Å². The van der Waals surface area contributed by atoms with E-state index in [4.69, 9.17) is 14.4 Å². The first kappa shape index (κ1) is 35.1. The summed E-state index contributed by atoms with van der Waals surface area (Å²) in [5.74, 6) is 1.10. The van der Waals surface area contributed by atoms with E-state index in [1.165, 1.54) is 5.56 Å². The molecule has 0 bridgehead atoms. The van der Waals surface area contributed by atoms with Crippen molar-refractivity contribution in [1.82, 2.24) is 0 Å². The second-order valence-electron chi connectivity index (χ2n) is 13.8. The molecule has 1 aliphatic rings. The summed E-state index contributed by atoms with van der Waals surface area (Å²) in [5, 5.41) is 5.55. The highest BCUT2D eigenvalue weighted by atomic mass is 16.3. The zero-order valence-electron chi connectivity index (χ0n) is 31.2. The normalized spacial score (nSPS) is 14.3. The van der Waals surface area contributed by atoms with Crippen molar-refractivity contribution in [3.63, 3.8) is 0 Å². The Hall–Kier alpha value is -7.63. The average molecular weight is 735 g/mol. The van der Waals surface area contributed by atoms with Crippen LogP contribution >= 0.6 is 0 Å². The summed E-state index contributed by atoms with van der Waals surface area (Å²) >= 11 is 0. The number of hydrogen-bond acceptors (Lipinski definition) is 3. The lowest BCUT2D eigenvalue weighted by Gasteiger charge is -2.14. The van der Waals surface area contributed by atoms with Crippen molar-refractivity contribution < 1.29 is 4.42 Å². The maximum Gasteiger partial charge on any atom is 0.161 e. The molecule has 0 atom stereocenters. The Morgan fingerprint density at radius 2 is 1.26 bits per heavy atom. The Bertz CT molecular complexity index is 2960. The number of nitrogens with zero attached hydrogens (tertiary/aromatic N) is 3. The lowest BCUT2D eigenvalue weighted by atomic mass is 9.93. The van der Waals surface area contributed by atoms with Gasteiger partial charge in [-0.15, -0.1) is 0 Å².